The lowest BCUT2D eigenvalue weighted by Crippen LogP contribution is -2.55. The molecule has 0 saturated carbocycles. The number of hydrogen-bond acceptors (Lipinski definition) is 4. The summed E-state index contributed by atoms with van der Waals surface area (Å²) in [5.74, 6) is -0.585. The molecule has 1 amide bonds. The monoisotopic (exact) mass is 280 g/mol. The van der Waals surface area contributed by atoms with Gasteiger partial charge in [-0.2, -0.15) is 0 Å². The molecule has 0 aliphatic carbocycles. The molecule has 1 unspecified atom stereocenters. The Morgan fingerprint density at radius 2 is 1.76 bits per heavy atom. The van der Waals surface area contributed by atoms with E-state index in [-0.39, 0.29) is 10.9 Å². The normalized spacial score (nSPS) is 14.5. The summed E-state index contributed by atoms with van der Waals surface area (Å²) in [6, 6.07) is -0.501. The fraction of sp³-hybridized carbons (Fsp3) is 0.800. The maximum absolute atomic E-state index is 11.9. The quantitative estimate of drug-likeness (QED) is 0.704. The number of nitrogens with two attached hydrogens (primary N) is 1. The van der Waals surface area contributed by atoms with Crippen LogP contribution in [0.1, 0.15) is 27.7 Å². The van der Waals surface area contributed by atoms with Crippen molar-refractivity contribution in [3.05, 3.63) is 0 Å². The van der Waals surface area contributed by atoms with Gasteiger partial charge in [0.15, 0.2) is 9.84 Å². The van der Waals surface area contributed by atoms with Crippen LogP contribution in [0.5, 0.6) is 0 Å². The van der Waals surface area contributed by atoms with E-state index in [1.807, 2.05) is 13.8 Å². The molecule has 0 aliphatic rings. The lowest BCUT2D eigenvalue weighted by Gasteiger charge is -2.27. The van der Waals surface area contributed by atoms with E-state index in [0.29, 0.717) is 0 Å². The van der Waals surface area contributed by atoms with Crippen molar-refractivity contribution in [2.45, 2.75) is 38.5 Å². The fourth-order valence-electron chi connectivity index (χ4n) is 1.05. The summed E-state index contributed by atoms with van der Waals surface area (Å²) in [6.45, 7) is 6.40. The first-order valence-electron chi connectivity index (χ1n) is 5.21. The molecule has 0 aromatic rings. The minimum atomic E-state index is -3.49. The summed E-state index contributed by atoms with van der Waals surface area (Å²) in [6.07, 6.45) is 1.03. The van der Waals surface area contributed by atoms with Gasteiger partial charge in [-0.3, -0.25) is 4.79 Å². The van der Waals surface area contributed by atoms with Crippen molar-refractivity contribution in [3.8, 4) is 0 Å². The van der Waals surface area contributed by atoms with Gasteiger partial charge in [0.25, 0.3) is 0 Å². The number of thiocarbonyl (C=S) groups is 1. The number of hydrogen-bond donors (Lipinski definition) is 2. The van der Waals surface area contributed by atoms with Gasteiger partial charge >= 0.3 is 0 Å². The van der Waals surface area contributed by atoms with Gasteiger partial charge in [0.1, 0.15) is 4.75 Å². The van der Waals surface area contributed by atoms with Crippen molar-refractivity contribution in [2.75, 3.05) is 6.26 Å². The Morgan fingerprint density at radius 3 is 2.00 bits per heavy atom. The van der Waals surface area contributed by atoms with Crippen LogP contribution in [0, 0.1) is 5.92 Å². The molecule has 5 nitrogen and oxygen atoms in total. The summed E-state index contributed by atoms with van der Waals surface area (Å²) < 4.78 is 21.5. The van der Waals surface area contributed by atoms with Gasteiger partial charge in [-0.15, -0.1) is 0 Å². The van der Waals surface area contributed by atoms with Crippen LogP contribution in [0.25, 0.3) is 0 Å². The lowest BCUT2D eigenvalue weighted by molar-refractivity contribution is -0.123. The molecule has 100 valence electrons. The largest absolute Gasteiger partial charge is 0.392 e. The highest BCUT2D eigenvalue weighted by Gasteiger charge is 2.39. The molecule has 0 radical (unpaired) electrons. The Bertz CT molecular complexity index is 413. The molecular formula is C10H20N2O3S2. The molecule has 0 fully saturated rings. The first-order valence-corrected chi connectivity index (χ1v) is 7.51. The van der Waals surface area contributed by atoms with Gasteiger partial charge in [-0.1, -0.05) is 26.1 Å². The zero-order valence-corrected chi connectivity index (χ0v) is 12.4. The minimum Gasteiger partial charge on any atom is -0.392 e. The van der Waals surface area contributed by atoms with Crippen molar-refractivity contribution >= 4 is 33.0 Å². The molecule has 17 heavy (non-hydrogen) atoms. The van der Waals surface area contributed by atoms with E-state index >= 15 is 0 Å². The van der Waals surface area contributed by atoms with Crippen LogP contribution in [0.2, 0.25) is 0 Å². The highest BCUT2D eigenvalue weighted by molar-refractivity contribution is 7.92. The molecule has 0 spiro atoms. The van der Waals surface area contributed by atoms with E-state index in [1.54, 1.807) is 0 Å². The second kappa shape index (κ2) is 5.30. The smallest absolute Gasteiger partial charge is 0.241 e. The molecule has 3 N–H and O–H groups in total. The van der Waals surface area contributed by atoms with Crippen molar-refractivity contribution in [3.63, 3.8) is 0 Å². The first kappa shape index (κ1) is 16.3. The molecule has 0 rings (SSSR count). The van der Waals surface area contributed by atoms with Crippen molar-refractivity contribution < 1.29 is 13.2 Å². The highest BCUT2D eigenvalue weighted by Crippen LogP contribution is 2.16. The van der Waals surface area contributed by atoms with E-state index in [2.05, 4.69) is 5.32 Å². The number of carbonyl (C=O) groups is 1. The Hall–Kier alpha value is -0.690. The maximum Gasteiger partial charge on any atom is 0.241 e. The van der Waals surface area contributed by atoms with Gasteiger partial charge in [0.2, 0.25) is 5.91 Å². The standard InChI is InChI=1S/C10H20N2O3S2/c1-6(2)7(8(11)16)12-9(13)10(3,4)17(5,14)15/h6-7H,1-5H3,(H2,11,16)(H,12,13). The van der Waals surface area contributed by atoms with Crippen LogP contribution in [0.3, 0.4) is 0 Å². The van der Waals surface area contributed by atoms with Crippen LogP contribution in [-0.2, 0) is 14.6 Å². The molecule has 1 atom stereocenters. The number of nitrogens with one attached hydrogen (secondary N) is 1. The third-order valence-corrected chi connectivity index (χ3v) is 5.03. The van der Waals surface area contributed by atoms with E-state index in [0.717, 1.165) is 6.26 Å². The van der Waals surface area contributed by atoms with Gasteiger partial charge in [-0.25, -0.2) is 8.42 Å². The molecule has 0 saturated heterocycles. The van der Waals surface area contributed by atoms with Crippen LogP contribution in [0.15, 0.2) is 0 Å². The van der Waals surface area contributed by atoms with Crippen molar-refractivity contribution in [1.82, 2.24) is 5.32 Å². The van der Waals surface area contributed by atoms with Gasteiger partial charge in [0.05, 0.1) is 11.0 Å². The Balaban J connectivity index is 5.05. The second-order valence-corrected chi connectivity index (χ2v) is 7.92. The predicted molar refractivity (Wildman–Crippen MR) is 72.5 cm³/mol. The van der Waals surface area contributed by atoms with E-state index < -0.39 is 26.5 Å². The number of amides is 1. The predicted octanol–water partition coefficient (Wildman–Crippen LogP) is 0.237. The Labute approximate surface area is 108 Å². The van der Waals surface area contributed by atoms with E-state index in [4.69, 9.17) is 18.0 Å². The molecule has 0 bridgehead atoms. The molecule has 0 aromatic heterocycles. The van der Waals surface area contributed by atoms with Gasteiger partial charge in [0, 0.05) is 6.26 Å². The third kappa shape index (κ3) is 3.92. The number of sulfone groups is 1. The fourth-order valence-corrected chi connectivity index (χ4v) is 1.78. The molecule has 0 aliphatic heterocycles. The van der Waals surface area contributed by atoms with Crippen LogP contribution >= 0.6 is 12.2 Å². The van der Waals surface area contributed by atoms with Gasteiger partial charge in [-0.05, 0) is 19.8 Å². The first-order chi connectivity index (χ1) is 7.41. The minimum absolute atomic E-state index is 0.00631. The topological polar surface area (TPSA) is 89.3 Å². The molecule has 0 heterocycles. The van der Waals surface area contributed by atoms with Crippen molar-refractivity contribution in [1.29, 1.82) is 0 Å². The molecule has 7 heteroatoms. The summed E-state index contributed by atoms with van der Waals surface area (Å²) in [5, 5.41) is 2.58. The van der Waals surface area contributed by atoms with Crippen LogP contribution in [-0.4, -0.2) is 36.4 Å². The van der Waals surface area contributed by atoms with E-state index in [1.165, 1.54) is 13.8 Å². The lowest BCUT2D eigenvalue weighted by atomic mass is 10.0. The summed E-state index contributed by atoms with van der Waals surface area (Å²) >= 11 is 4.84. The van der Waals surface area contributed by atoms with Gasteiger partial charge < -0.3 is 11.1 Å². The zero-order chi connectivity index (χ0) is 14.0. The average molecular weight is 280 g/mol. The zero-order valence-electron chi connectivity index (χ0n) is 10.8. The van der Waals surface area contributed by atoms with Crippen molar-refractivity contribution in [2.24, 2.45) is 11.7 Å². The Kier molecular flexibility index (Phi) is 5.09. The van der Waals surface area contributed by atoms with Crippen LogP contribution in [0.4, 0.5) is 0 Å². The number of rotatable bonds is 5. The summed E-state index contributed by atoms with van der Waals surface area (Å²) in [5.41, 5.74) is 5.51. The Morgan fingerprint density at radius 1 is 1.35 bits per heavy atom. The highest BCUT2D eigenvalue weighted by atomic mass is 32.2. The maximum atomic E-state index is 11.9. The SMILES string of the molecule is CC(C)C(NC(=O)C(C)(C)S(C)(=O)=O)C(N)=S. The summed E-state index contributed by atoms with van der Waals surface area (Å²) in [7, 11) is -3.49. The third-order valence-electron chi connectivity index (χ3n) is 2.73. The van der Waals surface area contributed by atoms with E-state index in [9.17, 15) is 13.2 Å². The summed E-state index contributed by atoms with van der Waals surface area (Å²) in [4.78, 5) is 12.1. The average Bonchev–Trinajstić information content (AvgIpc) is 2.10. The molecular weight excluding hydrogens is 260 g/mol. The molecule has 0 aromatic carbocycles. The number of carbonyl (C=O) groups excluding carboxylic acids is 1. The van der Waals surface area contributed by atoms with Crippen LogP contribution < -0.4 is 11.1 Å². The second-order valence-electron chi connectivity index (χ2n) is 4.88.